The van der Waals surface area contributed by atoms with Crippen molar-refractivity contribution in [2.75, 3.05) is 18.5 Å². The zero-order valence-electron chi connectivity index (χ0n) is 14.3. The van der Waals surface area contributed by atoms with Gasteiger partial charge in [0.2, 0.25) is 0 Å². The molecule has 0 aliphatic heterocycles. The molecule has 0 fully saturated rings. The van der Waals surface area contributed by atoms with Gasteiger partial charge in [0, 0.05) is 19.2 Å². The van der Waals surface area contributed by atoms with E-state index in [0.29, 0.717) is 18.1 Å². The predicted molar refractivity (Wildman–Crippen MR) is 91.5 cm³/mol. The molecule has 0 aliphatic carbocycles. The molecule has 0 saturated heterocycles. The lowest BCUT2D eigenvalue weighted by atomic mass is 10.2. The number of rotatable bonds is 6. The molecule has 2 aromatic heterocycles. The maximum Gasteiger partial charge on any atom is 0.441 e. The van der Waals surface area contributed by atoms with Crippen LogP contribution < -0.4 is 10.7 Å². The van der Waals surface area contributed by atoms with Crippen LogP contribution in [0.3, 0.4) is 0 Å². The third-order valence-corrected chi connectivity index (χ3v) is 3.97. The van der Waals surface area contributed by atoms with Gasteiger partial charge in [0.15, 0.2) is 11.6 Å². The molecule has 1 aromatic carbocycles. The zero-order valence-corrected chi connectivity index (χ0v) is 14.3. The Morgan fingerprint density at radius 2 is 1.92 bits per heavy atom. The smallest absolute Gasteiger partial charge is 0.389 e. The van der Waals surface area contributed by atoms with Gasteiger partial charge in [0.1, 0.15) is 11.4 Å². The van der Waals surface area contributed by atoms with E-state index in [4.69, 9.17) is 9.05 Å². The van der Waals surface area contributed by atoms with Crippen molar-refractivity contribution in [1.82, 2.24) is 14.9 Å². The molecule has 0 radical (unpaired) electrons. The van der Waals surface area contributed by atoms with Crippen molar-refractivity contribution in [1.29, 1.82) is 0 Å². The molecule has 3 rings (SSSR count). The summed E-state index contributed by atoms with van der Waals surface area (Å²) in [5, 5.41) is 18.2. The van der Waals surface area contributed by atoms with E-state index in [1.165, 1.54) is 4.57 Å². The standard InChI is InChI=1S/C17H20N4O4/c1-11-15(12(2)24-18-11)20(3)9-14(22)10-21-16(19-25-17(21)23)13-7-5-4-6-8-13/h4-8,14,22H,9-10H2,1-3H3. The van der Waals surface area contributed by atoms with Crippen molar-refractivity contribution < 1.29 is 14.2 Å². The number of hydrogen-bond donors (Lipinski definition) is 1. The lowest BCUT2D eigenvalue weighted by Gasteiger charge is -2.22. The van der Waals surface area contributed by atoms with Gasteiger partial charge in [-0.2, -0.15) is 0 Å². The van der Waals surface area contributed by atoms with Gasteiger partial charge in [-0.15, -0.1) is 0 Å². The average molecular weight is 344 g/mol. The van der Waals surface area contributed by atoms with Gasteiger partial charge in [0.25, 0.3) is 0 Å². The van der Waals surface area contributed by atoms with E-state index in [2.05, 4.69) is 10.3 Å². The van der Waals surface area contributed by atoms with Crippen molar-refractivity contribution >= 4 is 5.69 Å². The Morgan fingerprint density at radius 3 is 2.56 bits per heavy atom. The normalized spacial score (nSPS) is 12.3. The minimum absolute atomic E-state index is 0.0697. The topological polar surface area (TPSA) is 97.5 Å². The summed E-state index contributed by atoms with van der Waals surface area (Å²) >= 11 is 0. The minimum atomic E-state index is -0.807. The fourth-order valence-corrected chi connectivity index (χ4v) is 2.92. The Hall–Kier alpha value is -2.87. The molecule has 0 spiro atoms. The van der Waals surface area contributed by atoms with Crippen molar-refractivity contribution in [2.24, 2.45) is 0 Å². The van der Waals surface area contributed by atoms with E-state index in [1.54, 1.807) is 0 Å². The summed E-state index contributed by atoms with van der Waals surface area (Å²) in [6.45, 7) is 4.03. The first-order chi connectivity index (χ1) is 12.0. The van der Waals surface area contributed by atoms with Gasteiger partial charge in [-0.25, -0.2) is 4.79 Å². The van der Waals surface area contributed by atoms with Crippen LogP contribution in [0.25, 0.3) is 11.4 Å². The van der Waals surface area contributed by atoms with Crippen LogP contribution in [0.2, 0.25) is 0 Å². The Labute approximate surface area is 144 Å². The number of anilines is 1. The summed E-state index contributed by atoms with van der Waals surface area (Å²) in [6.07, 6.45) is -0.807. The molecule has 25 heavy (non-hydrogen) atoms. The SMILES string of the molecule is Cc1noc(C)c1N(C)CC(O)Cn1c(-c2ccccc2)noc1=O. The molecule has 2 heterocycles. The summed E-state index contributed by atoms with van der Waals surface area (Å²) in [5.74, 6) is 0.474. The highest BCUT2D eigenvalue weighted by molar-refractivity contribution is 5.54. The minimum Gasteiger partial charge on any atom is -0.389 e. The maximum atomic E-state index is 12.0. The largest absolute Gasteiger partial charge is 0.441 e. The lowest BCUT2D eigenvalue weighted by molar-refractivity contribution is 0.158. The third-order valence-electron chi connectivity index (χ3n) is 3.97. The molecule has 1 unspecified atom stereocenters. The number of aliphatic hydroxyl groups excluding tert-OH is 1. The van der Waals surface area contributed by atoms with Crippen LogP contribution in [0.5, 0.6) is 0 Å². The molecule has 1 N–H and O–H groups in total. The number of aromatic nitrogens is 3. The summed E-state index contributed by atoms with van der Waals surface area (Å²) < 4.78 is 11.3. The highest BCUT2D eigenvalue weighted by Crippen LogP contribution is 2.23. The quantitative estimate of drug-likeness (QED) is 0.725. The number of likely N-dealkylation sites (N-methyl/N-ethyl adjacent to an activating group) is 1. The molecule has 0 amide bonds. The van der Waals surface area contributed by atoms with Crippen LogP contribution in [0.4, 0.5) is 5.69 Å². The Kier molecular flexibility index (Phi) is 4.71. The fourth-order valence-electron chi connectivity index (χ4n) is 2.92. The number of hydrogen-bond acceptors (Lipinski definition) is 7. The predicted octanol–water partition coefficient (Wildman–Crippen LogP) is 1.61. The van der Waals surface area contributed by atoms with Gasteiger partial charge < -0.3 is 14.5 Å². The van der Waals surface area contributed by atoms with Gasteiger partial charge in [-0.05, 0) is 13.8 Å². The van der Waals surface area contributed by atoms with Crippen molar-refractivity contribution in [3.63, 3.8) is 0 Å². The maximum absolute atomic E-state index is 12.0. The second kappa shape index (κ2) is 6.94. The van der Waals surface area contributed by atoms with Crippen LogP contribution in [-0.2, 0) is 6.54 Å². The van der Waals surface area contributed by atoms with Crippen molar-refractivity contribution in [3.05, 3.63) is 52.3 Å². The van der Waals surface area contributed by atoms with Gasteiger partial charge >= 0.3 is 5.76 Å². The van der Waals surface area contributed by atoms with Crippen LogP contribution in [0, 0.1) is 13.8 Å². The Balaban J connectivity index is 1.77. The lowest BCUT2D eigenvalue weighted by Crippen LogP contribution is -2.34. The zero-order chi connectivity index (χ0) is 18.0. The first kappa shape index (κ1) is 17.0. The molecule has 3 aromatic rings. The Morgan fingerprint density at radius 1 is 1.20 bits per heavy atom. The van der Waals surface area contributed by atoms with Crippen LogP contribution in [0.1, 0.15) is 11.5 Å². The van der Waals surface area contributed by atoms with Crippen LogP contribution in [0.15, 0.2) is 44.2 Å². The number of aliphatic hydroxyl groups is 1. The number of aryl methyl sites for hydroxylation is 2. The molecule has 8 nitrogen and oxygen atoms in total. The van der Waals surface area contributed by atoms with Crippen LogP contribution in [-0.4, -0.2) is 39.7 Å². The number of benzene rings is 1. The second-order valence-electron chi connectivity index (χ2n) is 5.96. The van der Waals surface area contributed by atoms with Gasteiger partial charge in [-0.3, -0.25) is 9.09 Å². The van der Waals surface area contributed by atoms with Gasteiger partial charge in [0.05, 0.1) is 12.6 Å². The average Bonchev–Trinajstić information content (AvgIpc) is 3.11. The number of nitrogens with zero attached hydrogens (tertiary/aromatic N) is 4. The van der Waals surface area contributed by atoms with E-state index in [0.717, 1.165) is 16.9 Å². The van der Waals surface area contributed by atoms with E-state index in [-0.39, 0.29) is 6.54 Å². The molecule has 1 atom stereocenters. The first-order valence-corrected chi connectivity index (χ1v) is 7.91. The molecule has 0 saturated carbocycles. The molecule has 0 aliphatic rings. The molecular weight excluding hydrogens is 324 g/mol. The van der Waals surface area contributed by atoms with E-state index in [9.17, 15) is 9.90 Å². The van der Waals surface area contributed by atoms with E-state index < -0.39 is 11.9 Å². The summed E-state index contributed by atoms with van der Waals surface area (Å²) in [4.78, 5) is 13.8. The van der Waals surface area contributed by atoms with E-state index >= 15 is 0 Å². The Bertz CT molecular complexity index is 878. The summed E-state index contributed by atoms with van der Waals surface area (Å²) in [6, 6.07) is 9.23. The summed E-state index contributed by atoms with van der Waals surface area (Å²) in [5.41, 5.74) is 2.33. The molecular formula is C17H20N4O4. The van der Waals surface area contributed by atoms with Gasteiger partial charge in [-0.1, -0.05) is 40.6 Å². The monoisotopic (exact) mass is 344 g/mol. The van der Waals surface area contributed by atoms with Crippen molar-refractivity contribution in [2.45, 2.75) is 26.5 Å². The highest BCUT2D eigenvalue weighted by Gasteiger charge is 2.20. The fraction of sp³-hybridized carbons (Fsp3) is 0.353. The molecule has 8 heteroatoms. The first-order valence-electron chi connectivity index (χ1n) is 7.91. The highest BCUT2D eigenvalue weighted by atomic mass is 16.5. The van der Waals surface area contributed by atoms with Crippen molar-refractivity contribution in [3.8, 4) is 11.4 Å². The second-order valence-corrected chi connectivity index (χ2v) is 5.96. The third kappa shape index (κ3) is 3.48. The molecule has 132 valence electrons. The summed E-state index contributed by atoms with van der Waals surface area (Å²) in [7, 11) is 1.84. The molecule has 0 bridgehead atoms. The van der Waals surface area contributed by atoms with Crippen LogP contribution >= 0.6 is 0 Å². The van der Waals surface area contributed by atoms with E-state index in [1.807, 2.05) is 56.1 Å².